The molecule has 316 valence electrons. The number of carbonyl (C=O) groups excluding carboxylic acids is 2. The maximum Gasteiger partial charge on any atom is 0.242 e. The third-order valence-corrected chi connectivity index (χ3v) is 11.1. The van der Waals surface area contributed by atoms with Crippen LogP contribution in [0, 0.1) is 0 Å². The van der Waals surface area contributed by atoms with Gasteiger partial charge in [-0.3, -0.25) is 9.59 Å². The second-order valence-electron chi connectivity index (χ2n) is 14.4. The van der Waals surface area contributed by atoms with Crippen molar-refractivity contribution < 1.29 is 38.3 Å². The molecule has 0 aliphatic carbocycles. The summed E-state index contributed by atoms with van der Waals surface area (Å²) in [6.07, 6.45) is 29.2. The molecular formula is C40H82N3O8PS. The highest BCUT2D eigenvalue weighted by Gasteiger charge is 2.21. The number of thioether (sulfide) groups is 1. The lowest BCUT2D eigenvalue weighted by atomic mass is 10.1. The quantitative estimate of drug-likeness (QED) is 0.0316. The molecule has 53 heavy (non-hydrogen) atoms. The molecule has 0 spiro atoms. The summed E-state index contributed by atoms with van der Waals surface area (Å²) >= 11 is 1.58. The summed E-state index contributed by atoms with van der Waals surface area (Å²) in [5.41, 5.74) is 6.20. The number of amides is 2. The molecule has 0 aromatic carbocycles. The van der Waals surface area contributed by atoms with Crippen molar-refractivity contribution in [2.75, 3.05) is 70.5 Å². The molecule has 11 nitrogen and oxygen atoms in total. The lowest BCUT2D eigenvalue weighted by molar-refractivity contribution is -0.129. The van der Waals surface area contributed by atoms with Crippen molar-refractivity contribution >= 4 is 37.2 Å². The predicted molar refractivity (Wildman–Crippen MR) is 225 cm³/mol. The van der Waals surface area contributed by atoms with E-state index in [1.54, 1.807) is 18.7 Å². The summed E-state index contributed by atoms with van der Waals surface area (Å²) in [6.45, 7) is 9.52. The van der Waals surface area contributed by atoms with Crippen LogP contribution in [-0.2, 0) is 28.5 Å². The van der Waals surface area contributed by atoms with Crippen molar-refractivity contribution in [3.63, 3.8) is 0 Å². The van der Waals surface area contributed by atoms with Gasteiger partial charge >= 0.3 is 0 Å². The van der Waals surface area contributed by atoms with Crippen molar-refractivity contribution in [3.8, 4) is 0 Å². The van der Waals surface area contributed by atoms with Gasteiger partial charge in [0.1, 0.15) is 13.4 Å². The molecule has 0 fully saturated rings. The topological polar surface area (TPSA) is 162 Å². The average molecular weight is 796 g/mol. The molecule has 2 amide bonds. The van der Waals surface area contributed by atoms with Crippen LogP contribution in [0.1, 0.15) is 149 Å². The molecule has 0 radical (unpaired) electrons. The minimum Gasteiger partial charge on any atom is -0.379 e. The van der Waals surface area contributed by atoms with Gasteiger partial charge < -0.3 is 45.1 Å². The zero-order valence-electron chi connectivity index (χ0n) is 34.1. The van der Waals surface area contributed by atoms with Crippen LogP contribution in [0.5, 0.6) is 0 Å². The van der Waals surface area contributed by atoms with Crippen molar-refractivity contribution in [2.45, 2.75) is 167 Å². The molecule has 0 rings (SSSR count). The standard InChI is InChI=1S/C40H82N3O8PS/c1-5-7-9-11-13-15-17-19-21-23-26-50-33-37(51-27-24-22-20-18-16-14-12-10-8-6-2)34-53-35-38(41)40(45)43-36(3)39(44)42-25-28-48-29-30-49-31-32-52(4,46)47/h36-38,46-47H,4-35,41H2,1-3H3,(H,42,44)(H,43,45)/t36-,37?,38-/m0/s1. The molecule has 0 saturated heterocycles. The monoisotopic (exact) mass is 796 g/mol. The first-order valence-corrected chi connectivity index (χ1v) is 24.3. The van der Waals surface area contributed by atoms with Crippen LogP contribution in [0.3, 0.4) is 0 Å². The second-order valence-corrected chi connectivity index (χ2v) is 17.7. The van der Waals surface area contributed by atoms with E-state index in [4.69, 9.17) is 24.7 Å². The molecule has 0 aromatic rings. The van der Waals surface area contributed by atoms with E-state index in [0.29, 0.717) is 31.3 Å². The minimum atomic E-state index is -3.06. The van der Waals surface area contributed by atoms with Gasteiger partial charge in [0, 0.05) is 37.4 Å². The summed E-state index contributed by atoms with van der Waals surface area (Å²) in [7, 11) is -3.06. The number of nitrogens with two attached hydrogens (primary N) is 1. The van der Waals surface area contributed by atoms with Gasteiger partial charge in [0.15, 0.2) is 0 Å². The van der Waals surface area contributed by atoms with E-state index in [9.17, 15) is 19.4 Å². The van der Waals surface area contributed by atoms with Crippen LogP contribution in [-0.4, -0.2) is 117 Å². The Morgan fingerprint density at radius 3 is 1.68 bits per heavy atom. The van der Waals surface area contributed by atoms with Gasteiger partial charge in [-0.2, -0.15) is 11.8 Å². The van der Waals surface area contributed by atoms with Gasteiger partial charge in [0.2, 0.25) is 11.8 Å². The molecule has 6 N–H and O–H groups in total. The van der Waals surface area contributed by atoms with Gasteiger partial charge in [0.25, 0.3) is 0 Å². The molecule has 0 bridgehead atoms. The highest BCUT2D eigenvalue weighted by Crippen LogP contribution is 2.32. The predicted octanol–water partition coefficient (Wildman–Crippen LogP) is 7.21. The molecular weight excluding hydrogens is 713 g/mol. The number of rotatable bonds is 41. The van der Waals surface area contributed by atoms with Gasteiger partial charge in [-0.15, -0.1) is 0 Å². The largest absolute Gasteiger partial charge is 0.379 e. The van der Waals surface area contributed by atoms with Crippen LogP contribution in [0.2, 0.25) is 0 Å². The first kappa shape index (κ1) is 52.3. The Hall–Kier alpha value is -0.690. The van der Waals surface area contributed by atoms with E-state index >= 15 is 0 Å². The molecule has 1 unspecified atom stereocenters. The van der Waals surface area contributed by atoms with E-state index in [1.807, 2.05) is 0 Å². The smallest absolute Gasteiger partial charge is 0.242 e. The van der Waals surface area contributed by atoms with Crippen LogP contribution in [0.15, 0.2) is 0 Å². The highest BCUT2D eigenvalue weighted by atomic mass is 32.2. The third-order valence-electron chi connectivity index (χ3n) is 9.00. The molecule has 3 atom stereocenters. The van der Waals surface area contributed by atoms with Crippen molar-refractivity contribution in [3.05, 3.63) is 0 Å². The first-order chi connectivity index (χ1) is 25.6. The Morgan fingerprint density at radius 1 is 0.660 bits per heavy atom. The van der Waals surface area contributed by atoms with Crippen LogP contribution in [0.4, 0.5) is 0 Å². The van der Waals surface area contributed by atoms with Crippen LogP contribution >= 0.6 is 19.1 Å². The van der Waals surface area contributed by atoms with Crippen molar-refractivity contribution in [1.82, 2.24) is 10.6 Å². The molecule has 0 saturated carbocycles. The summed E-state index contributed by atoms with van der Waals surface area (Å²) in [4.78, 5) is 43.7. The zero-order valence-corrected chi connectivity index (χ0v) is 35.8. The Labute approximate surface area is 328 Å². The van der Waals surface area contributed by atoms with Gasteiger partial charge in [0.05, 0.1) is 45.2 Å². The number of hydrogen-bond acceptors (Lipinski definition) is 10. The van der Waals surface area contributed by atoms with Gasteiger partial charge in [-0.05, 0) is 19.8 Å². The fourth-order valence-electron chi connectivity index (χ4n) is 5.61. The van der Waals surface area contributed by atoms with E-state index in [2.05, 4.69) is 30.8 Å². The zero-order chi connectivity index (χ0) is 39.3. The average Bonchev–Trinajstić information content (AvgIpc) is 3.12. The number of unbranched alkanes of at least 4 members (excludes halogenated alkanes) is 18. The number of ether oxygens (including phenoxy) is 4. The van der Waals surface area contributed by atoms with E-state index < -0.39 is 19.4 Å². The maximum absolute atomic E-state index is 12.7. The van der Waals surface area contributed by atoms with E-state index in [0.717, 1.165) is 26.1 Å². The lowest BCUT2D eigenvalue weighted by Crippen LogP contribution is -2.51. The maximum atomic E-state index is 12.7. The Bertz CT molecular complexity index is 885. The fraction of sp³-hybridized carbons (Fsp3) is 0.925. The minimum absolute atomic E-state index is 0.0500. The molecule has 0 aliphatic heterocycles. The first-order valence-electron chi connectivity index (χ1n) is 21.0. The molecule has 0 aliphatic rings. The van der Waals surface area contributed by atoms with E-state index in [1.165, 1.54) is 116 Å². The summed E-state index contributed by atoms with van der Waals surface area (Å²) in [5.74, 6) is 0.423. The van der Waals surface area contributed by atoms with Gasteiger partial charge in [-0.1, -0.05) is 136 Å². The van der Waals surface area contributed by atoms with Crippen LogP contribution in [0.25, 0.3) is 0 Å². The summed E-state index contributed by atoms with van der Waals surface area (Å²) < 4.78 is 23.0. The van der Waals surface area contributed by atoms with E-state index in [-0.39, 0.29) is 43.8 Å². The number of carbonyl (C=O) groups is 2. The van der Waals surface area contributed by atoms with Gasteiger partial charge in [-0.25, -0.2) is 0 Å². The molecule has 0 heterocycles. The number of hydrogen-bond donors (Lipinski definition) is 5. The molecule has 13 heteroatoms. The van der Waals surface area contributed by atoms with Crippen molar-refractivity contribution in [2.24, 2.45) is 5.73 Å². The highest BCUT2D eigenvalue weighted by molar-refractivity contribution is 7.99. The normalized spacial score (nSPS) is 13.5. The summed E-state index contributed by atoms with van der Waals surface area (Å²) in [6, 6.07) is -1.48. The SMILES string of the molecule is C=P(O)(O)CCOCCOCCNC(=O)[C@H](C)NC(=O)[C@@H](N)CSCC(COCCCCCCCCCCCC)OCCCCCCCCCCCC. The van der Waals surface area contributed by atoms with Crippen molar-refractivity contribution in [1.29, 1.82) is 0 Å². The third kappa shape index (κ3) is 38.0. The van der Waals surface area contributed by atoms with Crippen LogP contribution < -0.4 is 16.4 Å². The Kier molecular flexibility index (Phi) is 37.7. The summed E-state index contributed by atoms with van der Waals surface area (Å²) in [5, 5.41) is 5.45. The Morgan fingerprint density at radius 2 is 1.15 bits per heavy atom. The lowest BCUT2D eigenvalue weighted by Gasteiger charge is -2.20. The Balaban J connectivity index is 4.35. The fourth-order valence-corrected chi connectivity index (χ4v) is 7.03. The number of nitrogens with one attached hydrogen (secondary N) is 2. The second kappa shape index (κ2) is 38.2. The molecule has 0 aromatic heterocycles.